The van der Waals surface area contributed by atoms with Crippen LogP contribution < -0.4 is 0 Å². The first-order chi connectivity index (χ1) is 19.3. The van der Waals surface area contributed by atoms with E-state index in [-0.39, 0.29) is 10.8 Å². The summed E-state index contributed by atoms with van der Waals surface area (Å²) in [5, 5.41) is 0. The first-order valence-corrected chi connectivity index (χ1v) is 14.7. The fourth-order valence-corrected chi connectivity index (χ4v) is 7.76. The topological polar surface area (TPSA) is 17.8 Å². The zero-order valence-electron chi connectivity index (χ0n) is 22.6. The maximum Gasteiger partial charge on any atom is 0.144 e. The molecule has 1 heterocycles. The molecule has 194 valence electrons. The van der Waals surface area contributed by atoms with E-state index in [2.05, 4.69) is 120 Å². The van der Waals surface area contributed by atoms with E-state index in [1.807, 2.05) is 6.20 Å². The maximum absolute atomic E-state index is 4.95. The minimum atomic E-state index is 0.00130. The van der Waals surface area contributed by atoms with E-state index in [0.717, 1.165) is 11.4 Å². The van der Waals surface area contributed by atoms with Crippen LogP contribution >= 0.6 is 0 Å². The van der Waals surface area contributed by atoms with Crippen molar-refractivity contribution in [1.82, 2.24) is 9.55 Å². The lowest BCUT2D eigenvalue weighted by molar-refractivity contribution is 0.512. The summed E-state index contributed by atoms with van der Waals surface area (Å²) < 4.78 is 2.42. The van der Waals surface area contributed by atoms with Gasteiger partial charge in [-0.2, -0.15) is 0 Å². The number of hydrogen-bond acceptors (Lipinski definition) is 1. The van der Waals surface area contributed by atoms with Crippen molar-refractivity contribution in [2.24, 2.45) is 0 Å². The molecule has 4 aromatic carbocycles. The van der Waals surface area contributed by atoms with Gasteiger partial charge in [-0.05, 0) is 47.9 Å². The summed E-state index contributed by atoms with van der Waals surface area (Å²) in [5.74, 6) is 1.02. The summed E-state index contributed by atoms with van der Waals surface area (Å²) in [7, 11) is 0. The smallest absolute Gasteiger partial charge is 0.144 e. The summed E-state index contributed by atoms with van der Waals surface area (Å²) in [6.45, 7) is 0. The molecular formula is C37H36N2. The molecule has 2 nitrogen and oxygen atoms in total. The van der Waals surface area contributed by atoms with Crippen molar-refractivity contribution < 1.29 is 0 Å². The lowest BCUT2D eigenvalue weighted by atomic mass is 9.67. The van der Waals surface area contributed by atoms with Crippen LogP contribution in [0.5, 0.6) is 0 Å². The van der Waals surface area contributed by atoms with Gasteiger partial charge in [0.05, 0.1) is 5.69 Å². The molecule has 2 saturated carbocycles. The van der Waals surface area contributed by atoms with Gasteiger partial charge in [-0.1, -0.05) is 135 Å². The standard InChI is InChI=1S/C37H36N2/c1-4-15-29(16-5-1)35-38-27-28-39(35)34-32(36(23-10-11-24-36)30-17-6-2-7-18-30)21-14-22-33(34)37(25-12-13-26-37)31-19-8-3-9-20-31/h1-9,14-22,27-28H,10-13,23-26H2. The van der Waals surface area contributed by atoms with E-state index >= 15 is 0 Å². The summed E-state index contributed by atoms with van der Waals surface area (Å²) >= 11 is 0. The van der Waals surface area contributed by atoms with Crippen LogP contribution in [0.3, 0.4) is 0 Å². The van der Waals surface area contributed by atoms with Crippen molar-refractivity contribution >= 4 is 0 Å². The molecule has 0 N–H and O–H groups in total. The van der Waals surface area contributed by atoms with E-state index in [9.17, 15) is 0 Å². The predicted molar refractivity (Wildman–Crippen MR) is 160 cm³/mol. The van der Waals surface area contributed by atoms with Gasteiger partial charge in [-0.15, -0.1) is 0 Å². The highest BCUT2D eigenvalue weighted by Gasteiger charge is 2.44. The van der Waals surface area contributed by atoms with Crippen molar-refractivity contribution in [2.75, 3.05) is 0 Å². The summed E-state index contributed by atoms with van der Waals surface area (Å²) in [6.07, 6.45) is 14.0. The van der Waals surface area contributed by atoms with Gasteiger partial charge in [0.1, 0.15) is 5.82 Å². The second-order valence-corrected chi connectivity index (χ2v) is 11.5. The number of hydrogen-bond donors (Lipinski definition) is 0. The number of imidazole rings is 1. The second kappa shape index (κ2) is 10.0. The minimum Gasteiger partial charge on any atom is -0.299 e. The van der Waals surface area contributed by atoms with E-state index in [1.54, 1.807) is 0 Å². The van der Waals surface area contributed by atoms with Crippen LogP contribution in [0.4, 0.5) is 0 Å². The Morgan fingerprint density at radius 1 is 0.513 bits per heavy atom. The third kappa shape index (κ3) is 3.97. The molecule has 0 bridgehead atoms. The largest absolute Gasteiger partial charge is 0.299 e. The van der Waals surface area contributed by atoms with Gasteiger partial charge < -0.3 is 0 Å². The van der Waals surface area contributed by atoms with Crippen LogP contribution in [0.15, 0.2) is 122 Å². The molecular weight excluding hydrogens is 472 g/mol. The minimum absolute atomic E-state index is 0.00130. The quantitative estimate of drug-likeness (QED) is 0.223. The van der Waals surface area contributed by atoms with Crippen molar-refractivity contribution in [3.63, 3.8) is 0 Å². The number of nitrogens with zero attached hydrogens (tertiary/aromatic N) is 2. The van der Waals surface area contributed by atoms with E-state index in [4.69, 9.17) is 4.98 Å². The first-order valence-electron chi connectivity index (χ1n) is 14.7. The molecule has 2 heteroatoms. The van der Waals surface area contributed by atoms with Crippen molar-refractivity contribution in [3.05, 3.63) is 144 Å². The molecule has 0 saturated heterocycles. The van der Waals surface area contributed by atoms with Crippen LogP contribution in [0, 0.1) is 0 Å². The highest BCUT2D eigenvalue weighted by atomic mass is 15.1. The second-order valence-electron chi connectivity index (χ2n) is 11.5. The van der Waals surface area contributed by atoms with Crippen LogP contribution in [-0.2, 0) is 10.8 Å². The van der Waals surface area contributed by atoms with Crippen LogP contribution in [-0.4, -0.2) is 9.55 Å². The number of para-hydroxylation sites is 1. The Kier molecular flexibility index (Phi) is 6.19. The Labute approximate surface area is 232 Å². The molecule has 7 rings (SSSR count). The Hall–Kier alpha value is -3.91. The van der Waals surface area contributed by atoms with Gasteiger partial charge in [0, 0.05) is 28.8 Å². The monoisotopic (exact) mass is 508 g/mol. The molecule has 0 unspecified atom stereocenters. The lowest BCUT2D eigenvalue weighted by Gasteiger charge is -2.38. The summed E-state index contributed by atoms with van der Waals surface area (Å²) in [4.78, 5) is 4.95. The Morgan fingerprint density at radius 2 is 0.974 bits per heavy atom. The fourth-order valence-electron chi connectivity index (χ4n) is 7.76. The normalized spacial score (nSPS) is 17.8. The molecule has 2 aliphatic carbocycles. The van der Waals surface area contributed by atoms with Crippen molar-refractivity contribution in [3.8, 4) is 17.1 Å². The third-order valence-electron chi connectivity index (χ3n) is 9.55. The first kappa shape index (κ1) is 24.2. The number of aromatic nitrogens is 2. The zero-order valence-corrected chi connectivity index (χ0v) is 22.6. The Morgan fingerprint density at radius 3 is 1.46 bits per heavy atom. The average molecular weight is 509 g/mol. The van der Waals surface area contributed by atoms with Crippen LogP contribution in [0.1, 0.15) is 73.6 Å². The predicted octanol–water partition coefficient (Wildman–Crippen LogP) is 9.26. The highest BCUT2D eigenvalue weighted by Crippen LogP contribution is 2.54. The fraction of sp³-hybridized carbons (Fsp3) is 0.270. The van der Waals surface area contributed by atoms with Crippen LogP contribution in [0.2, 0.25) is 0 Å². The van der Waals surface area contributed by atoms with Gasteiger partial charge in [-0.3, -0.25) is 4.57 Å². The third-order valence-corrected chi connectivity index (χ3v) is 9.55. The molecule has 0 aliphatic heterocycles. The van der Waals surface area contributed by atoms with Crippen LogP contribution in [0.25, 0.3) is 17.1 Å². The van der Waals surface area contributed by atoms with Crippen molar-refractivity contribution in [1.29, 1.82) is 0 Å². The summed E-state index contributed by atoms with van der Waals surface area (Å²) in [5.41, 5.74) is 8.32. The van der Waals surface area contributed by atoms with Gasteiger partial charge in [0.25, 0.3) is 0 Å². The van der Waals surface area contributed by atoms with Gasteiger partial charge in [0.2, 0.25) is 0 Å². The molecule has 2 aliphatic rings. The molecule has 0 amide bonds. The molecule has 1 aromatic heterocycles. The highest BCUT2D eigenvalue weighted by molar-refractivity contribution is 5.66. The molecule has 2 fully saturated rings. The van der Waals surface area contributed by atoms with Crippen molar-refractivity contribution in [2.45, 2.75) is 62.2 Å². The van der Waals surface area contributed by atoms with E-state index in [0.29, 0.717) is 0 Å². The Balaban J connectivity index is 1.55. The Bertz CT molecular complexity index is 1460. The molecule has 5 aromatic rings. The van der Waals surface area contributed by atoms with Gasteiger partial charge in [-0.25, -0.2) is 4.98 Å². The lowest BCUT2D eigenvalue weighted by Crippen LogP contribution is -2.31. The molecule has 0 radical (unpaired) electrons. The van der Waals surface area contributed by atoms with Gasteiger partial charge in [0.15, 0.2) is 0 Å². The summed E-state index contributed by atoms with van der Waals surface area (Å²) in [6, 6.07) is 40.5. The number of benzene rings is 4. The SMILES string of the molecule is c1ccc(-c2nccn2-c2c(C3(c4ccccc4)CCCC3)cccc2C2(c3ccccc3)CCCC2)cc1. The van der Waals surface area contributed by atoms with E-state index in [1.165, 1.54) is 79.3 Å². The average Bonchev–Trinajstić information content (AvgIpc) is 3.80. The van der Waals surface area contributed by atoms with Gasteiger partial charge >= 0.3 is 0 Å². The molecule has 0 atom stereocenters. The zero-order chi connectivity index (χ0) is 26.1. The molecule has 0 spiro atoms. The molecule has 39 heavy (non-hydrogen) atoms. The number of rotatable bonds is 6. The van der Waals surface area contributed by atoms with E-state index < -0.39 is 0 Å². The maximum atomic E-state index is 4.95.